The van der Waals surface area contributed by atoms with Crippen LogP contribution >= 0.6 is 0 Å². The van der Waals surface area contributed by atoms with Gasteiger partial charge in [-0.25, -0.2) is 4.79 Å². The molecule has 1 aliphatic rings. The first-order valence-corrected chi connectivity index (χ1v) is 6.25. The minimum atomic E-state index is -1.59. The Balaban J connectivity index is 2.10. The standard InChI is InChI=1S/C11H17N3O7/c15-3-4-6(16)7(17)8(18)9(21-4)10(19)13-5-1-2-12-11(20)14-5/h1-2,4,6-10,15-19H,3H2,(H2,12,13,14,20)/t4-,6-,7+,8-,9+,10?/m1/s1. The third kappa shape index (κ3) is 3.37. The van der Waals surface area contributed by atoms with Gasteiger partial charge in [0.1, 0.15) is 36.3 Å². The molecule has 0 saturated carbocycles. The minimum absolute atomic E-state index is 0.0308. The van der Waals surface area contributed by atoms with Crippen molar-refractivity contribution < 1.29 is 30.3 Å². The highest BCUT2D eigenvalue weighted by molar-refractivity contribution is 5.32. The van der Waals surface area contributed by atoms with Gasteiger partial charge in [0.25, 0.3) is 0 Å². The largest absolute Gasteiger partial charge is 0.394 e. The highest BCUT2D eigenvalue weighted by Crippen LogP contribution is 2.23. The van der Waals surface area contributed by atoms with E-state index in [1.54, 1.807) is 0 Å². The van der Waals surface area contributed by atoms with Crippen LogP contribution < -0.4 is 11.0 Å². The molecule has 0 aromatic carbocycles. The molecular formula is C11H17N3O7. The molecule has 0 spiro atoms. The smallest absolute Gasteiger partial charge is 0.346 e. The van der Waals surface area contributed by atoms with Gasteiger partial charge in [-0.3, -0.25) is 0 Å². The molecule has 2 rings (SSSR count). The first-order valence-electron chi connectivity index (χ1n) is 6.25. The summed E-state index contributed by atoms with van der Waals surface area (Å²) in [5, 5.41) is 50.5. The van der Waals surface area contributed by atoms with Crippen molar-refractivity contribution in [2.24, 2.45) is 0 Å². The predicted molar refractivity (Wildman–Crippen MR) is 68.3 cm³/mol. The van der Waals surface area contributed by atoms with Crippen molar-refractivity contribution in [3.05, 3.63) is 22.7 Å². The minimum Gasteiger partial charge on any atom is -0.394 e. The van der Waals surface area contributed by atoms with E-state index in [0.717, 1.165) is 0 Å². The number of ether oxygens (including phenoxy) is 1. The number of anilines is 1. The first kappa shape index (κ1) is 15.8. The summed E-state index contributed by atoms with van der Waals surface area (Å²) < 4.78 is 5.16. The van der Waals surface area contributed by atoms with Gasteiger partial charge in [0.05, 0.1) is 6.61 Å². The zero-order valence-electron chi connectivity index (χ0n) is 10.8. The molecule has 1 fully saturated rings. The van der Waals surface area contributed by atoms with Gasteiger partial charge in [0.15, 0.2) is 6.23 Å². The van der Waals surface area contributed by atoms with E-state index >= 15 is 0 Å². The summed E-state index contributed by atoms with van der Waals surface area (Å²) in [5.74, 6) is 0.0308. The summed E-state index contributed by atoms with van der Waals surface area (Å²) in [6.07, 6.45) is -7.37. The van der Waals surface area contributed by atoms with Crippen molar-refractivity contribution in [2.75, 3.05) is 11.9 Å². The Morgan fingerprint density at radius 3 is 2.67 bits per heavy atom. The van der Waals surface area contributed by atoms with Crippen LogP contribution in [0.5, 0.6) is 0 Å². The topological polar surface area (TPSA) is 168 Å². The Morgan fingerprint density at radius 1 is 1.33 bits per heavy atom. The summed E-state index contributed by atoms with van der Waals surface area (Å²) in [6.45, 7) is -0.600. The Hall–Kier alpha value is -1.56. The number of aromatic amines is 1. The molecule has 0 radical (unpaired) electrons. The summed E-state index contributed by atoms with van der Waals surface area (Å²) in [4.78, 5) is 16.8. The van der Waals surface area contributed by atoms with Gasteiger partial charge in [-0.15, -0.1) is 0 Å². The molecule has 1 aromatic rings. The third-order valence-electron chi connectivity index (χ3n) is 3.21. The van der Waals surface area contributed by atoms with Crippen LogP contribution in [0.4, 0.5) is 5.82 Å². The molecule has 7 N–H and O–H groups in total. The fourth-order valence-electron chi connectivity index (χ4n) is 2.08. The van der Waals surface area contributed by atoms with Crippen molar-refractivity contribution in [2.45, 2.75) is 36.7 Å². The number of hydrogen-bond acceptors (Lipinski definition) is 9. The number of nitrogens with one attached hydrogen (secondary N) is 2. The third-order valence-corrected chi connectivity index (χ3v) is 3.21. The summed E-state index contributed by atoms with van der Waals surface area (Å²) >= 11 is 0. The first-order chi connectivity index (χ1) is 9.93. The second-order valence-electron chi connectivity index (χ2n) is 4.66. The second-order valence-corrected chi connectivity index (χ2v) is 4.66. The van der Waals surface area contributed by atoms with Gasteiger partial charge >= 0.3 is 5.69 Å². The average molecular weight is 303 g/mol. The molecule has 0 bridgehead atoms. The van der Waals surface area contributed by atoms with E-state index in [9.17, 15) is 25.2 Å². The summed E-state index contributed by atoms with van der Waals surface area (Å²) in [5.41, 5.74) is -0.638. The lowest BCUT2D eigenvalue weighted by Gasteiger charge is -2.41. The fraction of sp³-hybridized carbons (Fsp3) is 0.636. The molecule has 6 atom stereocenters. The van der Waals surface area contributed by atoms with Crippen LogP contribution in [0.15, 0.2) is 17.1 Å². The van der Waals surface area contributed by atoms with Gasteiger partial charge < -0.3 is 40.6 Å². The molecule has 1 unspecified atom stereocenters. The second kappa shape index (κ2) is 6.47. The van der Waals surface area contributed by atoms with Crippen LogP contribution in [0.3, 0.4) is 0 Å². The van der Waals surface area contributed by atoms with E-state index in [0.29, 0.717) is 0 Å². The number of nitrogens with zero attached hydrogens (tertiary/aromatic N) is 1. The molecule has 10 heteroatoms. The number of H-pyrrole nitrogens is 1. The molecular weight excluding hydrogens is 286 g/mol. The van der Waals surface area contributed by atoms with Gasteiger partial charge in [0.2, 0.25) is 0 Å². The average Bonchev–Trinajstić information content (AvgIpc) is 2.45. The van der Waals surface area contributed by atoms with Crippen LogP contribution in [-0.4, -0.2) is 78.9 Å². The van der Waals surface area contributed by atoms with Crippen molar-refractivity contribution in [3.63, 3.8) is 0 Å². The molecule has 2 heterocycles. The molecule has 118 valence electrons. The lowest BCUT2D eigenvalue weighted by molar-refractivity contribution is -0.245. The highest BCUT2D eigenvalue weighted by Gasteiger charge is 2.46. The van der Waals surface area contributed by atoms with E-state index in [1.165, 1.54) is 12.3 Å². The molecule has 1 aromatic heterocycles. The van der Waals surface area contributed by atoms with Gasteiger partial charge in [-0.2, -0.15) is 4.98 Å². The van der Waals surface area contributed by atoms with Gasteiger partial charge in [-0.1, -0.05) is 0 Å². The van der Waals surface area contributed by atoms with Crippen molar-refractivity contribution in [1.82, 2.24) is 9.97 Å². The molecule has 10 nitrogen and oxygen atoms in total. The van der Waals surface area contributed by atoms with E-state index in [-0.39, 0.29) is 5.82 Å². The SMILES string of the molecule is O=c1nc(NC(O)[C@H]2O[C@H](CO)[C@@H](O)[C@H](O)[C@H]2O)cc[nH]1. The highest BCUT2D eigenvalue weighted by atomic mass is 16.6. The summed E-state index contributed by atoms with van der Waals surface area (Å²) in [7, 11) is 0. The van der Waals surface area contributed by atoms with E-state index < -0.39 is 49.0 Å². The Kier molecular flexibility index (Phi) is 4.88. The van der Waals surface area contributed by atoms with E-state index in [4.69, 9.17) is 9.84 Å². The van der Waals surface area contributed by atoms with E-state index in [1.807, 2.05) is 0 Å². The monoisotopic (exact) mass is 303 g/mol. The molecule has 1 saturated heterocycles. The number of aliphatic hydroxyl groups excluding tert-OH is 5. The molecule has 1 aliphatic heterocycles. The normalized spacial score (nSPS) is 34.4. The number of aliphatic hydroxyl groups is 5. The van der Waals surface area contributed by atoms with Crippen molar-refractivity contribution >= 4 is 5.82 Å². The van der Waals surface area contributed by atoms with E-state index in [2.05, 4.69) is 15.3 Å². The zero-order chi connectivity index (χ0) is 15.6. The Labute approximate surface area is 118 Å². The number of hydrogen-bond donors (Lipinski definition) is 7. The lowest BCUT2D eigenvalue weighted by atomic mass is 9.94. The molecule has 0 aliphatic carbocycles. The molecule has 0 amide bonds. The number of aromatic nitrogens is 2. The Bertz CT molecular complexity index is 523. The fourth-order valence-corrected chi connectivity index (χ4v) is 2.08. The number of rotatable bonds is 4. The van der Waals surface area contributed by atoms with Crippen LogP contribution in [0.25, 0.3) is 0 Å². The zero-order valence-corrected chi connectivity index (χ0v) is 10.8. The van der Waals surface area contributed by atoms with Crippen LogP contribution in [0.1, 0.15) is 0 Å². The quantitative estimate of drug-likeness (QED) is 0.277. The Morgan fingerprint density at radius 2 is 2.05 bits per heavy atom. The van der Waals surface area contributed by atoms with Gasteiger partial charge in [-0.05, 0) is 6.07 Å². The molecule has 21 heavy (non-hydrogen) atoms. The summed E-state index contributed by atoms with van der Waals surface area (Å²) in [6, 6.07) is 1.37. The van der Waals surface area contributed by atoms with Crippen LogP contribution in [0.2, 0.25) is 0 Å². The van der Waals surface area contributed by atoms with Crippen LogP contribution in [-0.2, 0) is 4.74 Å². The van der Waals surface area contributed by atoms with Crippen molar-refractivity contribution in [1.29, 1.82) is 0 Å². The maximum Gasteiger partial charge on any atom is 0.346 e. The van der Waals surface area contributed by atoms with Gasteiger partial charge in [0, 0.05) is 6.20 Å². The maximum absolute atomic E-state index is 11.0. The lowest BCUT2D eigenvalue weighted by Crippen LogP contribution is -2.62. The predicted octanol–water partition coefficient (Wildman–Crippen LogP) is -3.66. The van der Waals surface area contributed by atoms with Crippen molar-refractivity contribution in [3.8, 4) is 0 Å². The maximum atomic E-state index is 11.0. The van der Waals surface area contributed by atoms with Crippen LogP contribution in [0, 0.1) is 0 Å².